The highest BCUT2D eigenvalue weighted by Crippen LogP contribution is 2.17. The summed E-state index contributed by atoms with van der Waals surface area (Å²) in [5, 5.41) is 3.67. The van der Waals surface area contributed by atoms with Crippen LogP contribution in [0.4, 0.5) is 4.79 Å². The van der Waals surface area contributed by atoms with Gasteiger partial charge in [0.2, 0.25) is 0 Å². The molecule has 1 aliphatic heterocycles. The minimum absolute atomic E-state index is 0.0541. The number of hydrogen-bond donors (Lipinski definition) is 1. The molecule has 1 aliphatic carbocycles. The van der Waals surface area contributed by atoms with Crippen molar-refractivity contribution in [1.82, 2.24) is 10.2 Å². The van der Waals surface area contributed by atoms with E-state index < -0.39 is 0 Å². The lowest BCUT2D eigenvalue weighted by molar-refractivity contribution is -0.0282. The zero-order chi connectivity index (χ0) is 18.0. The van der Waals surface area contributed by atoms with Crippen LogP contribution in [0.1, 0.15) is 50.5 Å². The summed E-state index contributed by atoms with van der Waals surface area (Å²) in [5.74, 6) is 0. The molecule has 1 amide bonds. The van der Waals surface area contributed by atoms with E-state index in [4.69, 9.17) is 9.47 Å². The molecule has 0 spiro atoms. The van der Waals surface area contributed by atoms with E-state index in [9.17, 15) is 4.79 Å². The van der Waals surface area contributed by atoms with Gasteiger partial charge < -0.3 is 19.7 Å². The fraction of sp³-hybridized carbons (Fsp3) is 0.667. The third-order valence-corrected chi connectivity index (χ3v) is 5.34. The van der Waals surface area contributed by atoms with Crippen LogP contribution in [-0.4, -0.2) is 49.4 Å². The number of hydrogen-bond acceptors (Lipinski definition) is 4. The van der Waals surface area contributed by atoms with Crippen molar-refractivity contribution < 1.29 is 14.3 Å². The van der Waals surface area contributed by atoms with Crippen LogP contribution in [0.2, 0.25) is 0 Å². The molecule has 5 nitrogen and oxygen atoms in total. The molecule has 1 heterocycles. The van der Waals surface area contributed by atoms with E-state index >= 15 is 0 Å². The smallest absolute Gasteiger partial charge is 0.410 e. The Hall–Kier alpha value is -1.59. The van der Waals surface area contributed by atoms with Gasteiger partial charge in [0.15, 0.2) is 0 Å². The SMILES string of the molecule is O=C(OCc1ccccc1)N1CCOC(CNC2CCCCCCC2)C1. The van der Waals surface area contributed by atoms with E-state index in [1.54, 1.807) is 4.90 Å². The standard InChI is InChI=1S/C21H32N2O3/c24-21(26-17-18-9-5-4-6-10-18)23-13-14-25-20(16-23)15-22-19-11-7-2-1-3-8-12-19/h4-6,9-10,19-20,22H,1-3,7-8,11-17H2. The van der Waals surface area contributed by atoms with E-state index in [0.29, 0.717) is 32.3 Å². The van der Waals surface area contributed by atoms with Crippen LogP contribution in [0.15, 0.2) is 30.3 Å². The number of rotatable bonds is 5. The van der Waals surface area contributed by atoms with Crippen molar-refractivity contribution in [2.24, 2.45) is 0 Å². The van der Waals surface area contributed by atoms with E-state index in [1.165, 1.54) is 44.9 Å². The number of benzene rings is 1. The summed E-state index contributed by atoms with van der Waals surface area (Å²) < 4.78 is 11.3. The Morgan fingerprint density at radius 3 is 2.62 bits per heavy atom. The van der Waals surface area contributed by atoms with Crippen LogP contribution >= 0.6 is 0 Å². The van der Waals surface area contributed by atoms with Crippen LogP contribution in [-0.2, 0) is 16.1 Å². The number of amides is 1. The number of carbonyl (C=O) groups excluding carboxylic acids is 1. The second kappa shape index (κ2) is 10.5. The first kappa shape index (κ1) is 19.2. The van der Waals surface area contributed by atoms with Crippen molar-refractivity contribution in [3.63, 3.8) is 0 Å². The first-order valence-corrected chi connectivity index (χ1v) is 10.1. The molecular weight excluding hydrogens is 328 g/mol. The average molecular weight is 360 g/mol. The lowest BCUT2D eigenvalue weighted by Crippen LogP contribution is -2.50. The molecule has 5 heteroatoms. The molecule has 1 saturated carbocycles. The summed E-state index contributed by atoms with van der Waals surface area (Å²) >= 11 is 0. The molecule has 1 N–H and O–H groups in total. The molecule has 0 radical (unpaired) electrons. The van der Waals surface area contributed by atoms with Crippen LogP contribution in [0.5, 0.6) is 0 Å². The molecule has 1 aromatic rings. The number of nitrogens with zero attached hydrogens (tertiary/aromatic N) is 1. The second-order valence-corrected chi connectivity index (χ2v) is 7.43. The molecule has 0 aromatic heterocycles. The highest BCUT2D eigenvalue weighted by molar-refractivity contribution is 5.67. The molecule has 26 heavy (non-hydrogen) atoms. The van der Waals surface area contributed by atoms with Gasteiger partial charge in [-0.2, -0.15) is 0 Å². The third kappa shape index (κ3) is 6.29. The third-order valence-electron chi connectivity index (χ3n) is 5.34. The lowest BCUT2D eigenvalue weighted by Gasteiger charge is -2.33. The minimum Gasteiger partial charge on any atom is -0.445 e. The monoisotopic (exact) mass is 360 g/mol. The van der Waals surface area contributed by atoms with E-state index in [0.717, 1.165) is 12.1 Å². The van der Waals surface area contributed by atoms with Gasteiger partial charge in [0, 0.05) is 19.1 Å². The fourth-order valence-corrected chi connectivity index (χ4v) is 3.78. The maximum atomic E-state index is 12.3. The number of ether oxygens (including phenoxy) is 2. The normalized spacial score (nSPS) is 22.5. The molecule has 2 fully saturated rings. The van der Waals surface area contributed by atoms with Crippen molar-refractivity contribution in [3.8, 4) is 0 Å². The van der Waals surface area contributed by atoms with E-state index in [-0.39, 0.29) is 12.2 Å². The quantitative estimate of drug-likeness (QED) is 0.869. The van der Waals surface area contributed by atoms with Gasteiger partial charge in [-0.3, -0.25) is 0 Å². The summed E-state index contributed by atoms with van der Waals surface area (Å²) in [6, 6.07) is 10.4. The van der Waals surface area contributed by atoms with Gasteiger partial charge in [-0.25, -0.2) is 4.79 Å². The van der Waals surface area contributed by atoms with Crippen molar-refractivity contribution in [3.05, 3.63) is 35.9 Å². The largest absolute Gasteiger partial charge is 0.445 e. The molecule has 1 aromatic carbocycles. The Kier molecular flexibility index (Phi) is 7.77. The summed E-state index contributed by atoms with van der Waals surface area (Å²) in [6.07, 6.45) is 9.08. The molecule has 144 valence electrons. The van der Waals surface area contributed by atoms with Gasteiger partial charge in [0.1, 0.15) is 6.61 Å². The molecular formula is C21H32N2O3. The highest BCUT2D eigenvalue weighted by atomic mass is 16.6. The maximum Gasteiger partial charge on any atom is 0.410 e. The Morgan fingerprint density at radius 2 is 1.85 bits per heavy atom. The zero-order valence-corrected chi connectivity index (χ0v) is 15.7. The number of carbonyl (C=O) groups is 1. The number of morpholine rings is 1. The molecule has 1 unspecified atom stereocenters. The van der Waals surface area contributed by atoms with Crippen LogP contribution in [0, 0.1) is 0 Å². The van der Waals surface area contributed by atoms with Crippen molar-refractivity contribution in [2.45, 2.75) is 63.7 Å². The highest BCUT2D eigenvalue weighted by Gasteiger charge is 2.25. The molecule has 3 rings (SSSR count). The first-order chi connectivity index (χ1) is 12.8. The zero-order valence-electron chi connectivity index (χ0n) is 15.7. The summed E-state index contributed by atoms with van der Waals surface area (Å²) in [4.78, 5) is 14.1. The van der Waals surface area contributed by atoms with Gasteiger partial charge >= 0.3 is 6.09 Å². The van der Waals surface area contributed by atoms with Crippen LogP contribution in [0.3, 0.4) is 0 Å². The average Bonchev–Trinajstić information content (AvgIpc) is 2.66. The molecule has 0 bridgehead atoms. The van der Waals surface area contributed by atoms with E-state index in [2.05, 4.69) is 5.32 Å². The topological polar surface area (TPSA) is 50.8 Å². The van der Waals surface area contributed by atoms with Crippen molar-refractivity contribution in [2.75, 3.05) is 26.2 Å². The summed E-state index contributed by atoms with van der Waals surface area (Å²) in [5.41, 5.74) is 1.01. The summed E-state index contributed by atoms with van der Waals surface area (Å²) in [6.45, 7) is 2.92. The molecule has 1 atom stereocenters. The Bertz CT molecular complexity index is 529. The van der Waals surface area contributed by atoms with Crippen molar-refractivity contribution in [1.29, 1.82) is 0 Å². The Labute approximate surface area is 157 Å². The van der Waals surface area contributed by atoms with Gasteiger partial charge in [0.25, 0.3) is 0 Å². The van der Waals surface area contributed by atoms with Gasteiger partial charge in [-0.05, 0) is 18.4 Å². The summed E-state index contributed by atoms with van der Waals surface area (Å²) in [7, 11) is 0. The minimum atomic E-state index is -0.242. The lowest BCUT2D eigenvalue weighted by atomic mass is 9.96. The predicted molar refractivity (Wildman–Crippen MR) is 102 cm³/mol. The molecule has 2 aliphatic rings. The van der Waals surface area contributed by atoms with E-state index in [1.807, 2.05) is 30.3 Å². The number of nitrogens with one attached hydrogen (secondary N) is 1. The maximum absolute atomic E-state index is 12.3. The van der Waals surface area contributed by atoms with Crippen molar-refractivity contribution >= 4 is 6.09 Å². The Balaban J connectivity index is 1.39. The first-order valence-electron chi connectivity index (χ1n) is 10.1. The van der Waals surface area contributed by atoms with Gasteiger partial charge in [0.05, 0.1) is 19.3 Å². The second-order valence-electron chi connectivity index (χ2n) is 7.43. The predicted octanol–water partition coefficient (Wildman–Crippen LogP) is 3.73. The van der Waals surface area contributed by atoms with Crippen LogP contribution < -0.4 is 5.32 Å². The Morgan fingerprint density at radius 1 is 1.12 bits per heavy atom. The van der Waals surface area contributed by atoms with Gasteiger partial charge in [-0.1, -0.05) is 62.4 Å². The van der Waals surface area contributed by atoms with Crippen LogP contribution in [0.25, 0.3) is 0 Å². The van der Waals surface area contributed by atoms with Gasteiger partial charge in [-0.15, -0.1) is 0 Å². The molecule has 1 saturated heterocycles. The fourth-order valence-electron chi connectivity index (χ4n) is 3.78.